The average molecular weight is 434 g/mol. The van der Waals surface area contributed by atoms with E-state index in [1.54, 1.807) is 12.1 Å². The molecule has 1 heterocycles. The number of rotatable bonds is 4. The van der Waals surface area contributed by atoms with E-state index in [9.17, 15) is 30.7 Å². The van der Waals surface area contributed by atoms with Gasteiger partial charge in [-0.05, 0) is 67.8 Å². The zero-order chi connectivity index (χ0) is 22.1. The Morgan fingerprint density at radius 3 is 2.03 bits per heavy atom. The van der Waals surface area contributed by atoms with Gasteiger partial charge in [0.2, 0.25) is 0 Å². The number of hydrogen-bond donors (Lipinski definition) is 2. The predicted molar refractivity (Wildman–Crippen MR) is 98.2 cm³/mol. The molecule has 1 aliphatic heterocycles. The van der Waals surface area contributed by atoms with Gasteiger partial charge in [0.25, 0.3) is 0 Å². The predicted octanol–water partition coefficient (Wildman–Crippen LogP) is 6.01. The lowest BCUT2D eigenvalue weighted by Gasteiger charge is -2.36. The van der Waals surface area contributed by atoms with Crippen LogP contribution in [0.1, 0.15) is 54.1 Å². The van der Waals surface area contributed by atoms with Crippen molar-refractivity contribution in [1.82, 2.24) is 10.6 Å². The van der Waals surface area contributed by atoms with Crippen molar-refractivity contribution >= 4 is 0 Å². The van der Waals surface area contributed by atoms with Gasteiger partial charge in [0.15, 0.2) is 0 Å². The maximum absolute atomic E-state index is 13.2. The molecule has 0 radical (unpaired) electrons. The molecule has 1 aliphatic rings. The lowest BCUT2D eigenvalue weighted by molar-refractivity contribution is -0.143. The van der Waals surface area contributed by atoms with Gasteiger partial charge in [-0.2, -0.15) is 26.3 Å². The summed E-state index contributed by atoms with van der Waals surface area (Å²) in [6, 6.07) is 6.22. The second kappa shape index (κ2) is 8.55. The molecular weight excluding hydrogens is 413 g/mol. The van der Waals surface area contributed by atoms with E-state index in [1.807, 2.05) is 0 Å². The van der Waals surface area contributed by atoms with Gasteiger partial charge in [0, 0.05) is 18.1 Å². The summed E-state index contributed by atoms with van der Waals surface area (Å²) in [6.45, 7) is 2.24. The van der Waals surface area contributed by atoms with Gasteiger partial charge >= 0.3 is 12.4 Å². The van der Waals surface area contributed by atoms with Gasteiger partial charge < -0.3 is 10.6 Å². The molecule has 0 amide bonds. The zero-order valence-electron chi connectivity index (χ0n) is 16.0. The fourth-order valence-corrected chi connectivity index (χ4v) is 3.73. The second-order valence-electron chi connectivity index (χ2n) is 7.46. The number of halogens is 7. The van der Waals surface area contributed by atoms with E-state index in [4.69, 9.17) is 0 Å². The zero-order valence-corrected chi connectivity index (χ0v) is 16.0. The number of alkyl halides is 6. The van der Waals surface area contributed by atoms with E-state index in [1.165, 1.54) is 19.1 Å². The number of piperidine rings is 1. The fourth-order valence-electron chi connectivity index (χ4n) is 3.73. The molecule has 0 spiro atoms. The molecule has 2 aromatic rings. The molecule has 2 N–H and O–H groups in total. The van der Waals surface area contributed by atoms with Gasteiger partial charge in [-0.1, -0.05) is 12.1 Å². The monoisotopic (exact) mass is 434 g/mol. The van der Waals surface area contributed by atoms with Crippen molar-refractivity contribution in [3.63, 3.8) is 0 Å². The highest BCUT2D eigenvalue weighted by molar-refractivity contribution is 5.35. The molecular formula is C21H21F7N2. The Balaban J connectivity index is 1.88. The largest absolute Gasteiger partial charge is 0.416 e. The fraction of sp³-hybridized carbons (Fsp3) is 0.429. The van der Waals surface area contributed by atoms with Gasteiger partial charge in [-0.3, -0.25) is 0 Å². The van der Waals surface area contributed by atoms with Crippen LogP contribution in [0.5, 0.6) is 0 Å². The molecule has 2 aromatic carbocycles. The highest BCUT2D eigenvalue weighted by Gasteiger charge is 2.37. The third-order valence-corrected chi connectivity index (χ3v) is 5.26. The summed E-state index contributed by atoms with van der Waals surface area (Å²) in [7, 11) is 0. The van der Waals surface area contributed by atoms with E-state index in [-0.39, 0.29) is 23.7 Å². The molecule has 0 saturated carbocycles. The van der Waals surface area contributed by atoms with Crippen LogP contribution in [0.2, 0.25) is 0 Å². The van der Waals surface area contributed by atoms with Crippen LogP contribution in [-0.4, -0.2) is 12.6 Å². The van der Waals surface area contributed by atoms with E-state index < -0.39 is 35.3 Å². The molecule has 1 fully saturated rings. The van der Waals surface area contributed by atoms with Crippen molar-refractivity contribution in [3.8, 4) is 0 Å². The minimum atomic E-state index is -4.89. The molecule has 3 rings (SSSR count). The maximum Gasteiger partial charge on any atom is 0.416 e. The molecule has 164 valence electrons. The van der Waals surface area contributed by atoms with Crippen molar-refractivity contribution in [2.75, 3.05) is 6.54 Å². The summed E-state index contributed by atoms with van der Waals surface area (Å²) >= 11 is 0. The molecule has 0 bridgehead atoms. The number of nitrogens with one attached hydrogen (secondary N) is 2. The third kappa shape index (κ3) is 5.31. The normalized spacial score (nSPS) is 21.5. The van der Waals surface area contributed by atoms with Gasteiger partial charge in [0.1, 0.15) is 5.82 Å². The lowest BCUT2D eigenvalue weighted by Crippen LogP contribution is -2.46. The average Bonchev–Trinajstić information content (AvgIpc) is 2.67. The summed E-state index contributed by atoms with van der Waals surface area (Å²) in [4.78, 5) is 0. The second-order valence-corrected chi connectivity index (χ2v) is 7.46. The Morgan fingerprint density at radius 1 is 0.933 bits per heavy atom. The number of benzene rings is 2. The van der Waals surface area contributed by atoms with E-state index in [0.717, 1.165) is 24.1 Å². The Labute approximate surface area is 169 Å². The maximum atomic E-state index is 13.2. The van der Waals surface area contributed by atoms with Crippen molar-refractivity contribution in [2.45, 2.75) is 50.2 Å². The molecule has 3 atom stereocenters. The summed E-state index contributed by atoms with van der Waals surface area (Å²) in [5, 5.41) is 6.45. The van der Waals surface area contributed by atoms with Crippen LogP contribution in [0, 0.1) is 5.82 Å². The summed E-state index contributed by atoms with van der Waals surface area (Å²) < 4.78 is 92.1. The first-order valence-corrected chi connectivity index (χ1v) is 9.49. The van der Waals surface area contributed by atoms with Gasteiger partial charge in [-0.25, -0.2) is 4.39 Å². The van der Waals surface area contributed by atoms with Crippen molar-refractivity contribution in [3.05, 3.63) is 70.5 Å². The highest BCUT2D eigenvalue weighted by Crippen LogP contribution is 2.38. The Kier molecular flexibility index (Phi) is 6.43. The Hall–Kier alpha value is -2.13. The van der Waals surface area contributed by atoms with Gasteiger partial charge in [-0.15, -0.1) is 0 Å². The molecule has 0 aromatic heterocycles. The quantitative estimate of drug-likeness (QED) is 0.576. The first-order valence-electron chi connectivity index (χ1n) is 9.49. The van der Waals surface area contributed by atoms with Crippen molar-refractivity contribution < 1.29 is 30.7 Å². The first-order chi connectivity index (χ1) is 13.9. The van der Waals surface area contributed by atoms with Crippen LogP contribution < -0.4 is 10.6 Å². The van der Waals surface area contributed by atoms with Crippen molar-refractivity contribution in [2.24, 2.45) is 0 Å². The molecule has 0 aliphatic carbocycles. The van der Waals surface area contributed by atoms with Crippen LogP contribution in [0.4, 0.5) is 30.7 Å². The molecule has 2 nitrogen and oxygen atoms in total. The lowest BCUT2D eigenvalue weighted by atomic mass is 9.90. The Bertz CT molecular complexity index is 827. The molecule has 9 heteroatoms. The van der Waals surface area contributed by atoms with E-state index in [2.05, 4.69) is 10.6 Å². The standard InChI is InChI=1S/C21H21F7N2/c1-12(14-9-15(20(23,24)25)11-16(10-14)21(26,27)28)30-18-3-2-8-29-19(18)13-4-6-17(22)7-5-13/h4-7,9-12,18-19,29-30H,2-3,8H2,1H3/t12?,18?,19-/m0/s1. The highest BCUT2D eigenvalue weighted by atomic mass is 19.4. The number of hydrogen-bond acceptors (Lipinski definition) is 2. The first kappa shape index (κ1) is 22.6. The molecule has 1 saturated heterocycles. The van der Waals surface area contributed by atoms with E-state index >= 15 is 0 Å². The topological polar surface area (TPSA) is 24.1 Å². The van der Waals surface area contributed by atoms with E-state index in [0.29, 0.717) is 13.0 Å². The van der Waals surface area contributed by atoms with Crippen LogP contribution in [0.25, 0.3) is 0 Å². The van der Waals surface area contributed by atoms with Gasteiger partial charge in [0.05, 0.1) is 11.1 Å². The van der Waals surface area contributed by atoms with Crippen LogP contribution in [-0.2, 0) is 12.4 Å². The summed E-state index contributed by atoms with van der Waals surface area (Å²) in [5.74, 6) is -0.393. The summed E-state index contributed by atoms with van der Waals surface area (Å²) in [5.41, 5.74) is -1.97. The van der Waals surface area contributed by atoms with Crippen LogP contribution >= 0.6 is 0 Å². The SMILES string of the molecule is CC(NC1CCCN[C@H]1c1ccc(F)cc1)c1cc(C(F)(F)F)cc(C(F)(F)F)c1. The summed E-state index contributed by atoms with van der Waals surface area (Å²) in [6.07, 6.45) is -8.32. The third-order valence-electron chi connectivity index (χ3n) is 5.26. The minimum absolute atomic E-state index is 0.0967. The smallest absolute Gasteiger partial charge is 0.309 e. The molecule has 2 unspecified atom stereocenters. The molecule has 30 heavy (non-hydrogen) atoms. The van der Waals surface area contributed by atoms with Crippen molar-refractivity contribution in [1.29, 1.82) is 0 Å². The van der Waals surface area contributed by atoms with Crippen LogP contribution in [0.15, 0.2) is 42.5 Å². The minimum Gasteiger partial charge on any atom is -0.309 e. The van der Waals surface area contributed by atoms with Crippen LogP contribution in [0.3, 0.4) is 0 Å². The Morgan fingerprint density at radius 2 is 1.50 bits per heavy atom.